The molecule has 2 rings (SSSR count). The van der Waals surface area contributed by atoms with Gasteiger partial charge in [-0.1, -0.05) is 18.2 Å². The molecule has 0 aliphatic rings. The molecule has 2 aromatic rings. The van der Waals surface area contributed by atoms with Crippen LogP contribution in [0.2, 0.25) is 0 Å². The van der Waals surface area contributed by atoms with Gasteiger partial charge in [-0.25, -0.2) is 4.79 Å². The molecular formula is C19H28N4O4. The first kappa shape index (κ1) is 20.7. The van der Waals surface area contributed by atoms with E-state index in [4.69, 9.17) is 4.74 Å². The van der Waals surface area contributed by atoms with E-state index in [1.54, 1.807) is 14.0 Å². The fourth-order valence-electron chi connectivity index (χ4n) is 2.93. The van der Waals surface area contributed by atoms with Crippen LogP contribution in [0.5, 0.6) is 5.75 Å². The number of anilines is 1. The van der Waals surface area contributed by atoms with Gasteiger partial charge in [0.15, 0.2) is 0 Å². The minimum Gasteiger partial charge on any atom is -0.491 e. The summed E-state index contributed by atoms with van der Waals surface area (Å²) in [4.78, 5) is 26.1. The largest absolute Gasteiger partial charge is 0.491 e. The van der Waals surface area contributed by atoms with E-state index < -0.39 is 6.10 Å². The predicted octanol–water partition coefficient (Wildman–Crippen LogP) is -0.142. The zero-order valence-electron chi connectivity index (χ0n) is 16.3. The molecule has 0 amide bonds. The minimum atomic E-state index is -0.634. The van der Waals surface area contributed by atoms with Crippen LogP contribution in [0, 0.1) is 6.92 Å². The van der Waals surface area contributed by atoms with Crippen molar-refractivity contribution in [3.63, 3.8) is 0 Å². The molecule has 0 radical (unpaired) electrons. The predicted molar refractivity (Wildman–Crippen MR) is 106 cm³/mol. The first-order valence-electron chi connectivity index (χ1n) is 8.87. The molecule has 1 heterocycles. The van der Waals surface area contributed by atoms with Crippen LogP contribution >= 0.6 is 0 Å². The molecule has 0 aliphatic carbocycles. The summed E-state index contributed by atoms with van der Waals surface area (Å²) in [5.74, 6) is 1.32. The van der Waals surface area contributed by atoms with Crippen LogP contribution in [0.25, 0.3) is 0 Å². The molecule has 8 heteroatoms. The number of hydrogen-bond donors (Lipinski definition) is 2. The van der Waals surface area contributed by atoms with Crippen molar-refractivity contribution < 1.29 is 9.84 Å². The molecule has 0 saturated carbocycles. The molecular weight excluding hydrogens is 348 g/mol. The molecule has 1 atom stereocenters. The van der Waals surface area contributed by atoms with Gasteiger partial charge in [-0.3, -0.25) is 13.9 Å². The van der Waals surface area contributed by atoms with Gasteiger partial charge >= 0.3 is 5.69 Å². The molecule has 1 unspecified atom stereocenters. The Labute approximate surface area is 158 Å². The number of aliphatic hydroxyl groups is 1. The number of rotatable bonds is 9. The maximum Gasteiger partial charge on any atom is 0.332 e. The van der Waals surface area contributed by atoms with Gasteiger partial charge in [-0.15, -0.1) is 0 Å². The van der Waals surface area contributed by atoms with E-state index in [-0.39, 0.29) is 17.9 Å². The number of hydrogen-bond acceptors (Lipinski definition) is 6. The first-order valence-corrected chi connectivity index (χ1v) is 8.87. The van der Waals surface area contributed by atoms with E-state index in [1.807, 2.05) is 42.3 Å². The van der Waals surface area contributed by atoms with E-state index in [1.165, 1.54) is 11.6 Å². The summed E-state index contributed by atoms with van der Waals surface area (Å²) in [6.45, 7) is 3.46. The number of nitrogens with zero attached hydrogens (tertiary/aromatic N) is 3. The summed E-state index contributed by atoms with van der Waals surface area (Å²) in [6, 6.07) is 9.34. The summed E-state index contributed by atoms with van der Waals surface area (Å²) >= 11 is 0. The third-order valence-electron chi connectivity index (χ3n) is 4.40. The maximum atomic E-state index is 12.1. The van der Waals surface area contributed by atoms with Crippen LogP contribution in [0.3, 0.4) is 0 Å². The van der Waals surface area contributed by atoms with Gasteiger partial charge in [0.1, 0.15) is 24.3 Å². The zero-order valence-corrected chi connectivity index (χ0v) is 16.3. The summed E-state index contributed by atoms with van der Waals surface area (Å²) in [5.41, 5.74) is -0.117. The lowest BCUT2D eigenvalue weighted by Crippen LogP contribution is -2.43. The summed E-state index contributed by atoms with van der Waals surface area (Å²) < 4.78 is 8.09. The van der Waals surface area contributed by atoms with Crippen LogP contribution in [-0.2, 0) is 14.1 Å². The standard InChI is InChI=1S/C19H28N4O4/c1-14-17(22(3)19(26)23(4)18(14)25)21(2)11-10-20-12-15(24)13-27-16-8-6-5-7-9-16/h5-9,15,20,24H,10-13H2,1-4H3. The van der Waals surface area contributed by atoms with Crippen molar-refractivity contribution in [3.05, 3.63) is 56.7 Å². The number of ether oxygens (including phenoxy) is 1. The van der Waals surface area contributed by atoms with E-state index in [0.717, 1.165) is 10.3 Å². The topological polar surface area (TPSA) is 88.7 Å². The molecule has 0 aliphatic heterocycles. The van der Waals surface area contributed by atoms with Crippen LogP contribution in [0.4, 0.5) is 5.82 Å². The highest BCUT2D eigenvalue weighted by Crippen LogP contribution is 2.11. The summed E-state index contributed by atoms with van der Waals surface area (Å²) in [5, 5.41) is 13.2. The van der Waals surface area contributed by atoms with Crippen molar-refractivity contribution in [2.75, 3.05) is 38.2 Å². The second-order valence-corrected chi connectivity index (χ2v) is 6.56. The van der Waals surface area contributed by atoms with Crippen molar-refractivity contribution in [2.24, 2.45) is 14.1 Å². The highest BCUT2D eigenvalue weighted by Gasteiger charge is 2.15. The van der Waals surface area contributed by atoms with E-state index >= 15 is 0 Å². The van der Waals surface area contributed by atoms with Gasteiger partial charge in [0, 0.05) is 40.8 Å². The molecule has 148 valence electrons. The lowest BCUT2D eigenvalue weighted by Gasteiger charge is -2.24. The van der Waals surface area contributed by atoms with Gasteiger partial charge in [0.05, 0.1) is 5.56 Å². The summed E-state index contributed by atoms with van der Waals surface area (Å²) in [6.07, 6.45) is -0.634. The zero-order chi connectivity index (χ0) is 20.0. The Morgan fingerprint density at radius 3 is 2.52 bits per heavy atom. The van der Waals surface area contributed by atoms with E-state index in [2.05, 4.69) is 5.32 Å². The number of benzene rings is 1. The van der Waals surface area contributed by atoms with Gasteiger partial charge < -0.3 is 20.1 Å². The van der Waals surface area contributed by atoms with Crippen molar-refractivity contribution in [2.45, 2.75) is 13.0 Å². The molecule has 1 aromatic carbocycles. The highest BCUT2D eigenvalue weighted by molar-refractivity contribution is 5.45. The van der Waals surface area contributed by atoms with Crippen molar-refractivity contribution in [1.29, 1.82) is 0 Å². The molecule has 27 heavy (non-hydrogen) atoms. The summed E-state index contributed by atoms with van der Waals surface area (Å²) in [7, 11) is 4.96. The third kappa shape index (κ3) is 5.21. The second kappa shape index (κ2) is 9.38. The van der Waals surface area contributed by atoms with E-state index in [0.29, 0.717) is 31.0 Å². The number of aromatic nitrogens is 2. The fourth-order valence-corrected chi connectivity index (χ4v) is 2.93. The molecule has 0 saturated heterocycles. The third-order valence-corrected chi connectivity index (χ3v) is 4.40. The van der Waals surface area contributed by atoms with Crippen molar-refractivity contribution in [3.8, 4) is 5.75 Å². The Morgan fingerprint density at radius 1 is 1.19 bits per heavy atom. The number of nitrogens with one attached hydrogen (secondary N) is 1. The lowest BCUT2D eigenvalue weighted by molar-refractivity contribution is 0.107. The molecule has 8 nitrogen and oxygen atoms in total. The van der Waals surface area contributed by atoms with Crippen molar-refractivity contribution in [1.82, 2.24) is 14.5 Å². The highest BCUT2D eigenvalue weighted by atomic mass is 16.5. The average Bonchev–Trinajstić information content (AvgIpc) is 2.67. The van der Waals surface area contributed by atoms with Crippen LogP contribution < -0.4 is 26.2 Å². The Bertz CT molecular complexity index is 823. The Balaban J connectivity index is 1.82. The SMILES string of the molecule is Cc1c(N(C)CCNCC(O)COc2ccccc2)n(C)c(=O)n(C)c1=O. The Hall–Kier alpha value is -2.58. The Kier molecular flexibility index (Phi) is 7.20. The van der Waals surface area contributed by atoms with Crippen LogP contribution in [-0.4, -0.2) is 53.6 Å². The molecule has 0 spiro atoms. The molecule has 1 aromatic heterocycles. The fraction of sp³-hybridized carbons (Fsp3) is 0.474. The van der Waals surface area contributed by atoms with E-state index in [9.17, 15) is 14.7 Å². The number of likely N-dealkylation sites (N-methyl/N-ethyl adjacent to an activating group) is 1. The van der Waals surface area contributed by atoms with Crippen molar-refractivity contribution >= 4 is 5.82 Å². The molecule has 0 fully saturated rings. The van der Waals surface area contributed by atoms with Crippen LogP contribution in [0.15, 0.2) is 39.9 Å². The van der Waals surface area contributed by atoms with Gasteiger partial charge in [-0.2, -0.15) is 0 Å². The Morgan fingerprint density at radius 2 is 1.85 bits per heavy atom. The molecule has 2 N–H and O–H groups in total. The van der Waals surface area contributed by atoms with Gasteiger partial charge in [-0.05, 0) is 19.1 Å². The van der Waals surface area contributed by atoms with Gasteiger partial charge in [0.2, 0.25) is 0 Å². The lowest BCUT2D eigenvalue weighted by atomic mass is 10.3. The number of para-hydroxylation sites is 1. The quantitative estimate of drug-likeness (QED) is 0.592. The second-order valence-electron chi connectivity index (χ2n) is 6.56. The minimum absolute atomic E-state index is 0.204. The number of aliphatic hydroxyl groups excluding tert-OH is 1. The first-order chi connectivity index (χ1) is 12.8. The monoisotopic (exact) mass is 376 g/mol. The smallest absolute Gasteiger partial charge is 0.332 e. The average molecular weight is 376 g/mol. The normalized spacial score (nSPS) is 12.0. The molecule has 0 bridgehead atoms. The maximum absolute atomic E-state index is 12.1. The van der Waals surface area contributed by atoms with Crippen LogP contribution in [0.1, 0.15) is 5.56 Å². The van der Waals surface area contributed by atoms with Gasteiger partial charge in [0.25, 0.3) is 5.56 Å².